The molecule has 0 spiro atoms. The molecule has 3 nitrogen and oxygen atoms in total. The lowest BCUT2D eigenvalue weighted by Crippen LogP contribution is -2.07. The molecule has 0 unspecified atom stereocenters. The number of methoxy groups -OCH3 is 1. The van der Waals surface area contributed by atoms with Gasteiger partial charge < -0.3 is 4.74 Å². The van der Waals surface area contributed by atoms with Crippen molar-refractivity contribution in [1.82, 2.24) is 0 Å². The molecule has 1 rings (SSSR count). The second-order valence-electron chi connectivity index (χ2n) is 2.83. The van der Waals surface area contributed by atoms with Gasteiger partial charge in [-0.1, -0.05) is 27.5 Å². The van der Waals surface area contributed by atoms with Crippen LogP contribution in [0, 0.1) is 0 Å². The molecule has 0 aliphatic rings. The van der Waals surface area contributed by atoms with Crippen LogP contribution in [-0.2, 0) is 16.0 Å². The number of benzene rings is 1. The molecule has 0 amide bonds. The fourth-order valence-electron chi connectivity index (χ4n) is 1.13. The second kappa shape index (κ2) is 5.28. The van der Waals surface area contributed by atoms with Crippen molar-refractivity contribution < 1.29 is 14.3 Å². The number of carbonyl (C=O) groups is 2. The number of ether oxygens (including phenoxy) is 1. The van der Waals surface area contributed by atoms with Crippen LogP contribution in [0.2, 0.25) is 5.02 Å². The lowest BCUT2D eigenvalue weighted by Gasteiger charge is -2.06. The highest BCUT2D eigenvalue weighted by molar-refractivity contribution is 9.10. The van der Waals surface area contributed by atoms with Gasteiger partial charge in [-0.05, 0) is 17.7 Å². The van der Waals surface area contributed by atoms with E-state index in [1.54, 1.807) is 12.1 Å². The number of hydrogen-bond acceptors (Lipinski definition) is 3. The predicted octanol–water partition coefficient (Wildman–Crippen LogP) is 2.63. The first-order chi connectivity index (χ1) is 7.08. The van der Waals surface area contributed by atoms with E-state index in [0.29, 0.717) is 26.9 Å². The van der Waals surface area contributed by atoms with Gasteiger partial charge in [0.25, 0.3) is 0 Å². The van der Waals surface area contributed by atoms with Crippen LogP contribution in [0.25, 0.3) is 0 Å². The maximum Gasteiger partial charge on any atom is 0.310 e. The summed E-state index contributed by atoms with van der Waals surface area (Å²) < 4.78 is 5.21. The van der Waals surface area contributed by atoms with Crippen LogP contribution in [0.4, 0.5) is 0 Å². The molecular weight excluding hydrogens is 283 g/mol. The van der Waals surface area contributed by atoms with Crippen LogP contribution < -0.4 is 0 Å². The van der Waals surface area contributed by atoms with E-state index in [-0.39, 0.29) is 6.42 Å². The number of esters is 1. The molecule has 0 saturated carbocycles. The molecule has 1 aromatic carbocycles. The predicted molar refractivity (Wildman–Crippen MR) is 60.3 cm³/mol. The van der Waals surface area contributed by atoms with Gasteiger partial charge in [-0.2, -0.15) is 0 Å². The van der Waals surface area contributed by atoms with Gasteiger partial charge >= 0.3 is 5.97 Å². The van der Waals surface area contributed by atoms with E-state index in [4.69, 9.17) is 11.6 Å². The molecule has 0 bridgehead atoms. The zero-order valence-electron chi connectivity index (χ0n) is 7.92. The van der Waals surface area contributed by atoms with E-state index >= 15 is 0 Å². The fraction of sp³-hybridized carbons (Fsp3) is 0.200. The minimum absolute atomic E-state index is 0.00329. The van der Waals surface area contributed by atoms with Gasteiger partial charge in [0.15, 0.2) is 0 Å². The molecule has 5 heteroatoms. The second-order valence-corrected chi connectivity index (χ2v) is 4.15. The summed E-state index contributed by atoms with van der Waals surface area (Å²) in [5.74, 6) is -0.428. The minimum Gasteiger partial charge on any atom is -0.469 e. The van der Waals surface area contributed by atoms with Gasteiger partial charge in [-0.3, -0.25) is 9.59 Å². The van der Waals surface area contributed by atoms with Crippen molar-refractivity contribution in [3.8, 4) is 0 Å². The first-order valence-electron chi connectivity index (χ1n) is 4.08. The molecule has 0 saturated heterocycles. The van der Waals surface area contributed by atoms with Gasteiger partial charge in [0, 0.05) is 15.1 Å². The standard InChI is InChI=1S/C10H8BrClO3/c1-15-10(14)4-8-6(5-13)2-7(11)3-9(8)12/h2-3,5H,4H2,1H3. The number of hydrogen-bond donors (Lipinski definition) is 0. The Labute approximate surface area is 100 Å². The highest BCUT2D eigenvalue weighted by Gasteiger charge is 2.12. The Morgan fingerprint density at radius 2 is 2.27 bits per heavy atom. The monoisotopic (exact) mass is 290 g/mol. The third kappa shape index (κ3) is 3.04. The molecule has 1 aromatic rings. The third-order valence-electron chi connectivity index (χ3n) is 1.87. The van der Waals surface area contributed by atoms with Crippen LogP contribution >= 0.6 is 27.5 Å². The molecule has 0 N–H and O–H groups in total. The molecule has 15 heavy (non-hydrogen) atoms. The quantitative estimate of drug-likeness (QED) is 0.635. The van der Waals surface area contributed by atoms with E-state index in [1.807, 2.05) is 0 Å². The SMILES string of the molecule is COC(=O)Cc1c(Cl)cc(Br)cc1C=O. The van der Waals surface area contributed by atoms with Crippen molar-refractivity contribution in [2.75, 3.05) is 7.11 Å². The molecule has 0 aliphatic heterocycles. The average Bonchev–Trinajstić information content (AvgIpc) is 2.21. The molecule has 80 valence electrons. The minimum atomic E-state index is -0.428. The fourth-order valence-corrected chi connectivity index (χ4v) is 2.03. The van der Waals surface area contributed by atoms with Gasteiger partial charge in [0.1, 0.15) is 6.29 Å². The number of carbonyl (C=O) groups excluding carboxylic acids is 2. The van der Waals surface area contributed by atoms with Crippen molar-refractivity contribution in [2.24, 2.45) is 0 Å². The first kappa shape index (κ1) is 12.2. The lowest BCUT2D eigenvalue weighted by atomic mass is 10.1. The summed E-state index contributed by atoms with van der Waals surface area (Å²) in [6.45, 7) is 0. The summed E-state index contributed by atoms with van der Waals surface area (Å²) in [4.78, 5) is 21.8. The lowest BCUT2D eigenvalue weighted by molar-refractivity contribution is -0.139. The molecule has 0 atom stereocenters. The normalized spacial score (nSPS) is 9.80. The largest absolute Gasteiger partial charge is 0.469 e. The van der Waals surface area contributed by atoms with Gasteiger partial charge in [0.2, 0.25) is 0 Å². The van der Waals surface area contributed by atoms with Crippen LogP contribution in [0.5, 0.6) is 0 Å². The van der Waals surface area contributed by atoms with Gasteiger partial charge in [-0.15, -0.1) is 0 Å². The van der Waals surface area contributed by atoms with E-state index in [0.717, 1.165) is 0 Å². The van der Waals surface area contributed by atoms with E-state index in [2.05, 4.69) is 20.7 Å². The van der Waals surface area contributed by atoms with Crippen molar-refractivity contribution in [1.29, 1.82) is 0 Å². The molecule has 0 fully saturated rings. The highest BCUT2D eigenvalue weighted by Crippen LogP contribution is 2.25. The highest BCUT2D eigenvalue weighted by atomic mass is 79.9. The number of rotatable bonds is 3. The summed E-state index contributed by atoms with van der Waals surface area (Å²) in [6, 6.07) is 3.24. The van der Waals surface area contributed by atoms with E-state index in [1.165, 1.54) is 7.11 Å². The molecular formula is C10H8BrClO3. The summed E-state index contributed by atoms with van der Waals surface area (Å²) in [5.41, 5.74) is 0.876. The zero-order chi connectivity index (χ0) is 11.4. The van der Waals surface area contributed by atoms with Crippen LogP contribution in [0.1, 0.15) is 15.9 Å². The summed E-state index contributed by atoms with van der Waals surface area (Å²) >= 11 is 9.13. The number of aldehydes is 1. The van der Waals surface area contributed by atoms with Crippen molar-refractivity contribution in [3.63, 3.8) is 0 Å². The topological polar surface area (TPSA) is 43.4 Å². The average molecular weight is 292 g/mol. The zero-order valence-corrected chi connectivity index (χ0v) is 10.3. The molecule has 0 radical (unpaired) electrons. The van der Waals surface area contributed by atoms with Crippen molar-refractivity contribution in [2.45, 2.75) is 6.42 Å². The Bertz CT molecular complexity index is 404. The maximum atomic E-state index is 11.1. The Hall–Kier alpha value is -0.870. The Morgan fingerprint density at radius 1 is 1.60 bits per heavy atom. The van der Waals surface area contributed by atoms with Crippen molar-refractivity contribution in [3.05, 3.63) is 32.8 Å². The van der Waals surface area contributed by atoms with Crippen LogP contribution in [0.15, 0.2) is 16.6 Å². The molecule has 0 heterocycles. The van der Waals surface area contributed by atoms with Crippen LogP contribution in [-0.4, -0.2) is 19.4 Å². The summed E-state index contributed by atoms with van der Waals surface area (Å²) in [6.07, 6.45) is 0.658. The van der Waals surface area contributed by atoms with E-state index < -0.39 is 5.97 Å². The maximum absolute atomic E-state index is 11.1. The Morgan fingerprint density at radius 3 is 2.80 bits per heavy atom. The van der Waals surface area contributed by atoms with Crippen molar-refractivity contribution >= 4 is 39.8 Å². The molecule has 0 aromatic heterocycles. The van der Waals surface area contributed by atoms with Crippen LogP contribution in [0.3, 0.4) is 0 Å². The Balaban J connectivity index is 3.15. The third-order valence-corrected chi connectivity index (χ3v) is 2.67. The smallest absolute Gasteiger partial charge is 0.310 e. The summed E-state index contributed by atoms with van der Waals surface area (Å²) in [5, 5.41) is 0.372. The summed E-state index contributed by atoms with van der Waals surface area (Å²) in [7, 11) is 1.29. The number of halogens is 2. The van der Waals surface area contributed by atoms with Gasteiger partial charge in [0.05, 0.1) is 13.5 Å². The van der Waals surface area contributed by atoms with E-state index in [9.17, 15) is 9.59 Å². The molecule has 0 aliphatic carbocycles. The Kier molecular flexibility index (Phi) is 4.29. The van der Waals surface area contributed by atoms with Gasteiger partial charge in [-0.25, -0.2) is 0 Å². The first-order valence-corrected chi connectivity index (χ1v) is 5.25.